The summed E-state index contributed by atoms with van der Waals surface area (Å²) in [7, 11) is 0. The maximum atomic E-state index is 13.2. The van der Waals surface area contributed by atoms with E-state index in [1.807, 2.05) is 6.07 Å². The molecular weight excluding hydrogens is 476 g/mol. The second-order valence-electron chi connectivity index (χ2n) is 7.20. The minimum atomic E-state index is -0.875. The van der Waals surface area contributed by atoms with Gasteiger partial charge in [0.2, 0.25) is 5.91 Å². The molecule has 0 aliphatic carbocycles. The molecule has 1 atom stereocenters. The quantitative estimate of drug-likeness (QED) is 0.480. The van der Waals surface area contributed by atoms with Crippen LogP contribution in [0, 0.1) is 0 Å². The summed E-state index contributed by atoms with van der Waals surface area (Å²) < 4.78 is 11.9. The van der Waals surface area contributed by atoms with Crippen LogP contribution in [0.1, 0.15) is 15.9 Å². The first-order chi connectivity index (χ1) is 15.5. The van der Waals surface area contributed by atoms with Gasteiger partial charge in [-0.15, -0.1) is 0 Å². The molecule has 3 aromatic carbocycles. The van der Waals surface area contributed by atoms with Crippen LogP contribution in [0.15, 0.2) is 71.2 Å². The van der Waals surface area contributed by atoms with Crippen LogP contribution in [-0.2, 0) is 11.2 Å². The van der Waals surface area contributed by atoms with E-state index < -0.39 is 11.9 Å². The Labute approximate surface area is 193 Å². The third-order valence-corrected chi connectivity index (χ3v) is 5.63. The van der Waals surface area contributed by atoms with E-state index in [0.29, 0.717) is 40.4 Å². The Morgan fingerprint density at radius 1 is 0.969 bits per heavy atom. The highest BCUT2D eigenvalue weighted by atomic mass is 79.9. The van der Waals surface area contributed by atoms with E-state index in [1.165, 1.54) is 0 Å². The molecule has 32 heavy (non-hydrogen) atoms. The summed E-state index contributed by atoms with van der Waals surface area (Å²) in [5.41, 5.74) is 1.67. The molecule has 0 radical (unpaired) electrons. The minimum Gasteiger partial charge on any atom is -0.508 e. The van der Waals surface area contributed by atoms with E-state index in [0.717, 1.165) is 5.56 Å². The number of carbonyl (C=O) groups excluding carboxylic acids is 2. The molecule has 2 amide bonds. The van der Waals surface area contributed by atoms with E-state index in [1.54, 1.807) is 60.7 Å². The standard InChI is InChI=1S/C24H21BrN2O5/c25-18-5-2-1-4-17(18)23(29)27-20(14-15-8-10-16(28)11-9-15)24(30)26-19-6-3-7-21-22(19)32-13-12-31-21/h1-11,20,28H,12-14H2,(H,26,30)(H,27,29). The average Bonchev–Trinajstić information content (AvgIpc) is 2.80. The number of halogens is 1. The number of anilines is 1. The van der Waals surface area contributed by atoms with Crippen LogP contribution in [-0.4, -0.2) is 36.2 Å². The van der Waals surface area contributed by atoms with Crippen LogP contribution in [0.3, 0.4) is 0 Å². The van der Waals surface area contributed by atoms with Crippen molar-refractivity contribution in [2.75, 3.05) is 18.5 Å². The van der Waals surface area contributed by atoms with E-state index in [4.69, 9.17) is 9.47 Å². The number of fused-ring (bicyclic) bond motifs is 1. The molecule has 0 saturated carbocycles. The van der Waals surface area contributed by atoms with Crippen LogP contribution in [0.5, 0.6) is 17.2 Å². The molecule has 0 bridgehead atoms. The lowest BCUT2D eigenvalue weighted by Crippen LogP contribution is -2.45. The molecule has 8 heteroatoms. The number of hydrogen-bond donors (Lipinski definition) is 3. The highest BCUT2D eigenvalue weighted by Crippen LogP contribution is 2.37. The first-order valence-electron chi connectivity index (χ1n) is 10.0. The molecule has 0 spiro atoms. The summed E-state index contributed by atoms with van der Waals surface area (Å²) >= 11 is 3.37. The first kappa shape index (κ1) is 21.7. The topological polar surface area (TPSA) is 96.9 Å². The Bertz CT molecular complexity index is 1130. The predicted octanol–water partition coefficient (Wildman–Crippen LogP) is 3.91. The lowest BCUT2D eigenvalue weighted by atomic mass is 10.0. The Morgan fingerprint density at radius 2 is 1.72 bits per heavy atom. The van der Waals surface area contributed by atoms with Crippen LogP contribution in [0.4, 0.5) is 5.69 Å². The molecular formula is C24H21BrN2O5. The number of rotatable bonds is 6. The van der Waals surface area contributed by atoms with Gasteiger partial charge in [-0.05, 0) is 57.9 Å². The van der Waals surface area contributed by atoms with Gasteiger partial charge in [0.05, 0.1) is 11.3 Å². The van der Waals surface area contributed by atoms with Gasteiger partial charge in [-0.2, -0.15) is 0 Å². The summed E-state index contributed by atoms with van der Waals surface area (Å²) in [6.45, 7) is 0.825. The third kappa shape index (κ3) is 5.03. The molecule has 0 fully saturated rings. The zero-order valence-corrected chi connectivity index (χ0v) is 18.6. The monoisotopic (exact) mass is 496 g/mol. The Hall–Kier alpha value is -3.52. The van der Waals surface area contributed by atoms with Crippen molar-refractivity contribution < 1.29 is 24.2 Å². The molecule has 164 valence electrons. The van der Waals surface area contributed by atoms with Crippen LogP contribution >= 0.6 is 15.9 Å². The Balaban J connectivity index is 1.58. The molecule has 4 rings (SSSR count). The van der Waals surface area contributed by atoms with Gasteiger partial charge in [0.1, 0.15) is 25.0 Å². The van der Waals surface area contributed by atoms with Gasteiger partial charge in [0.25, 0.3) is 5.91 Å². The summed E-state index contributed by atoms with van der Waals surface area (Å²) in [4.78, 5) is 26.1. The van der Waals surface area contributed by atoms with Crippen molar-refractivity contribution in [1.29, 1.82) is 0 Å². The number of phenolic OH excluding ortho intramolecular Hbond substituents is 1. The van der Waals surface area contributed by atoms with Gasteiger partial charge in [-0.3, -0.25) is 9.59 Å². The molecule has 1 aliphatic rings. The number of amides is 2. The molecule has 0 aromatic heterocycles. The summed E-state index contributed by atoms with van der Waals surface area (Å²) in [6, 6.07) is 17.9. The molecule has 7 nitrogen and oxygen atoms in total. The number of aromatic hydroxyl groups is 1. The fourth-order valence-corrected chi connectivity index (χ4v) is 3.82. The largest absolute Gasteiger partial charge is 0.508 e. The van der Waals surface area contributed by atoms with Crippen molar-refractivity contribution >= 4 is 33.4 Å². The minimum absolute atomic E-state index is 0.125. The zero-order valence-electron chi connectivity index (χ0n) is 17.0. The van der Waals surface area contributed by atoms with Crippen molar-refractivity contribution in [2.24, 2.45) is 0 Å². The van der Waals surface area contributed by atoms with Crippen molar-refractivity contribution in [1.82, 2.24) is 5.32 Å². The van der Waals surface area contributed by atoms with E-state index in [-0.39, 0.29) is 18.1 Å². The van der Waals surface area contributed by atoms with Crippen LogP contribution in [0.25, 0.3) is 0 Å². The highest BCUT2D eigenvalue weighted by molar-refractivity contribution is 9.10. The highest BCUT2D eigenvalue weighted by Gasteiger charge is 2.25. The fraction of sp³-hybridized carbons (Fsp3) is 0.167. The zero-order chi connectivity index (χ0) is 22.5. The lowest BCUT2D eigenvalue weighted by molar-refractivity contribution is -0.118. The smallest absolute Gasteiger partial charge is 0.253 e. The summed E-state index contributed by atoms with van der Waals surface area (Å²) in [5.74, 6) is 0.362. The van der Waals surface area contributed by atoms with Crippen LogP contribution < -0.4 is 20.1 Å². The van der Waals surface area contributed by atoms with Crippen molar-refractivity contribution in [2.45, 2.75) is 12.5 Å². The number of nitrogens with one attached hydrogen (secondary N) is 2. The number of hydrogen-bond acceptors (Lipinski definition) is 5. The lowest BCUT2D eigenvalue weighted by Gasteiger charge is -2.23. The first-order valence-corrected chi connectivity index (χ1v) is 10.8. The van der Waals surface area contributed by atoms with Gasteiger partial charge < -0.3 is 25.2 Å². The van der Waals surface area contributed by atoms with Crippen molar-refractivity contribution in [3.63, 3.8) is 0 Å². The van der Waals surface area contributed by atoms with E-state index in [9.17, 15) is 14.7 Å². The molecule has 1 heterocycles. The van der Waals surface area contributed by atoms with Crippen LogP contribution in [0.2, 0.25) is 0 Å². The van der Waals surface area contributed by atoms with Gasteiger partial charge >= 0.3 is 0 Å². The second-order valence-corrected chi connectivity index (χ2v) is 8.05. The Kier molecular flexibility index (Phi) is 6.61. The van der Waals surface area contributed by atoms with Gasteiger partial charge in [0, 0.05) is 10.9 Å². The number of phenols is 1. The third-order valence-electron chi connectivity index (χ3n) is 4.94. The normalized spacial score (nSPS) is 13.2. The Morgan fingerprint density at radius 3 is 2.50 bits per heavy atom. The molecule has 3 N–H and O–H groups in total. The number of benzene rings is 3. The SMILES string of the molecule is O=C(NC(Cc1ccc(O)cc1)C(=O)Nc1cccc2c1OCCO2)c1ccccc1Br. The molecule has 1 unspecified atom stereocenters. The second kappa shape index (κ2) is 9.74. The average molecular weight is 497 g/mol. The fourth-order valence-electron chi connectivity index (χ4n) is 3.35. The van der Waals surface area contributed by atoms with Gasteiger partial charge in [0.15, 0.2) is 11.5 Å². The molecule has 1 aliphatic heterocycles. The maximum absolute atomic E-state index is 13.2. The summed E-state index contributed by atoms with van der Waals surface area (Å²) in [5, 5.41) is 15.2. The number of carbonyl (C=O) groups is 2. The van der Waals surface area contributed by atoms with E-state index >= 15 is 0 Å². The number of ether oxygens (including phenoxy) is 2. The van der Waals surface area contributed by atoms with Crippen molar-refractivity contribution in [3.8, 4) is 17.2 Å². The number of para-hydroxylation sites is 1. The van der Waals surface area contributed by atoms with Crippen molar-refractivity contribution in [3.05, 3.63) is 82.3 Å². The maximum Gasteiger partial charge on any atom is 0.253 e. The summed E-state index contributed by atoms with van der Waals surface area (Å²) in [6.07, 6.45) is 0.231. The van der Waals surface area contributed by atoms with Gasteiger partial charge in [-0.1, -0.05) is 30.3 Å². The molecule has 3 aromatic rings. The predicted molar refractivity (Wildman–Crippen MR) is 123 cm³/mol. The van der Waals surface area contributed by atoms with Gasteiger partial charge in [-0.25, -0.2) is 0 Å². The van der Waals surface area contributed by atoms with E-state index in [2.05, 4.69) is 26.6 Å². The molecule has 0 saturated heterocycles.